The van der Waals surface area contributed by atoms with Crippen LogP contribution in [0.4, 0.5) is 14.5 Å². The molecule has 3 N–H and O–H groups in total. The second-order valence-electron chi connectivity index (χ2n) is 6.82. The zero-order valence-corrected chi connectivity index (χ0v) is 16.8. The van der Waals surface area contributed by atoms with E-state index in [0.29, 0.717) is 17.9 Å². The Balaban J connectivity index is 1.84. The Morgan fingerprint density at radius 3 is 2.45 bits per heavy atom. The molecule has 0 saturated heterocycles. The van der Waals surface area contributed by atoms with E-state index in [9.17, 15) is 18.7 Å². The summed E-state index contributed by atoms with van der Waals surface area (Å²) < 4.78 is 27.1. The van der Waals surface area contributed by atoms with Crippen LogP contribution in [0.3, 0.4) is 0 Å². The number of rotatable bonds is 3. The van der Waals surface area contributed by atoms with Crippen molar-refractivity contribution in [3.63, 3.8) is 0 Å². The quantitative estimate of drug-likeness (QED) is 0.474. The number of nitrogens with zero attached hydrogens (tertiary/aromatic N) is 1. The van der Waals surface area contributed by atoms with E-state index in [1.807, 2.05) is 0 Å². The van der Waals surface area contributed by atoms with E-state index in [-0.39, 0.29) is 28.3 Å². The third-order valence-electron chi connectivity index (χ3n) is 4.47. The van der Waals surface area contributed by atoms with E-state index >= 15 is 0 Å². The van der Waals surface area contributed by atoms with Crippen LogP contribution in [-0.4, -0.2) is 29.1 Å². The number of amides is 1. The lowest BCUT2D eigenvalue weighted by Crippen LogP contribution is -2.38. The summed E-state index contributed by atoms with van der Waals surface area (Å²) in [5.41, 5.74) is 0.329. The summed E-state index contributed by atoms with van der Waals surface area (Å²) in [5, 5.41) is 15.7. The maximum absolute atomic E-state index is 13.5. The Morgan fingerprint density at radius 1 is 1.07 bits per heavy atom. The number of aliphatic imine (C=N–C) groups is 1. The predicted molar refractivity (Wildman–Crippen MR) is 110 cm³/mol. The van der Waals surface area contributed by atoms with Gasteiger partial charge < -0.3 is 10.4 Å². The molecule has 2 atom stereocenters. The van der Waals surface area contributed by atoms with Gasteiger partial charge in [0.1, 0.15) is 11.6 Å². The molecular weight excluding hydrogens is 423 g/mol. The Bertz CT molecular complexity index is 920. The maximum atomic E-state index is 13.5. The minimum Gasteiger partial charge on any atom is -0.393 e. The van der Waals surface area contributed by atoms with E-state index in [1.165, 1.54) is 18.2 Å². The zero-order valence-electron chi connectivity index (χ0n) is 15.3. The van der Waals surface area contributed by atoms with E-state index in [2.05, 4.69) is 15.6 Å². The van der Waals surface area contributed by atoms with Crippen LogP contribution in [0.25, 0.3) is 0 Å². The number of carbonyl (C=O) groups excluding carboxylic acids is 1. The summed E-state index contributed by atoms with van der Waals surface area (Å²) in [6.45, 7) is 0. The zero-order chi connectivity index (χ0) is 21.0. The van der Waals surface area contributed by atoms with Gasteiger partial charge in [-0.05, 0) is 56.0 Å². The van der Waals surface area contributed by atoms with Crippen molar-refractivity contribution >= 4 is 40.8 Å². The Morgan fingerprint density at radius 2 is 1.79 bits per heavy atom. The van der Waals surface area contributed by atoms with Gasteiger partial charge in [-0.1, -0.05) is 23.2 Å². The molecule has 154 valence electrons. The number of guanidine groups is 1. The molecule has 0 bridgehead atoms. The van der Waals surface area contributed by atoms with E-state index in [4.69, 9.17) is 23.2 Å². The Labute approximate surface area is 176 Å². The molecule has 1 aliphatic rings. The minimum atomic E-state index is -0.768. The standard InChI is InChI=1S/C20H19Cl2F2N3O2/c21-17-5-4-11(6-18(17)22)19(29)27-20(25-14-2-1-3-16(28)10-14)26-15-8-12(23)7-13(24)9-15/h4-9,14,16,28H,1-3,10H2,(H2,25,26,27,29). The van der Waals surface area contributed by atoms with Crippen molar-refractivity contribution < 1.29 is 18.7 Å². The smallest absolute Gasteiger partial charge is 0.258 e. The Hall–Kier alpha value is -2.22. The second kappa shape index (κ2) is 9.52. The van der Waals surface area contributed by atoms with Gasteiger partial charge in [-0.15, -0.1) is 0 Å². The molecule has 29 heavy (non-hydrogen) atoms. The highest BCUT2D eigenvalue weighted by Crippen LogP contribution is 2.23. The molecule has 2 aromatic rings. The average Bonchev–Trinajstić information content (AvgIpc) is 2.63. The number of anilines is 1. The highest BCUT2D eigenvalue weighted by molar-refractivity contribution is 6.42. The number of aliphatic hydroxyl groups excluding tert-OH is 1. The molecule has 9 heteroatoms. The molecule has 0 aromatic heterocycles. The largest absolute Gasteiger partial charge is 0.393 e. The number of benzene rings is 2. The summed E-state index contributed by atoms with van der Waals surface area (Å²) in [6, 6.07) is 7.06. The molecule has 3 rings (SSSR count). The Kier molecular flexibility index (Phi) is 7.05. The van der Waals surface area contributed by atoms with Crippen LogP contribution in [0, 0.1) is 11.6 Å². The minimum absolute atomic E-state index is 0.0187. The van der Waals surface area contributed by atoms with E-state index in [0.717, 1.165) is 31.0 Å². The van der Waals surface area contributed by atoms with Crippen LogP contribution < -0.4 is 10.6 Å². The number of hydrogen-bond acceptors (Lipinski definition) is 3. The lowest BCUT2D eigenvalue weighted by molar-refractivity contribution is 0.0976. The van der Waals surface area contributed by atoms with Crippen molar-refractivity contribution in [3.05, 3.63) is 63.6 Å². The summed E-state index contributed by atoms with van der Waals surface area (Å²) in [7, 11) is 0. The summed E-state index contributed by atoms with van der Waals surface area (Å²) >= 11 is 11.8. The number of hydrogen-bond donors (Lipinski definition) is 3. The predicted octanol–water partition coefficient (Wildman–Crippen LogP) is 4.77. The fourth-order valence-corrected chi connectivity index (χ4v) is 3.41. The molecule has 1 fully saturated rings. The molecule has 2 aromatic carbocycles. The SMILES string of the molecule is O=C(NC(=NC1CCCC(O)C1)Nc1cc(F)cc(F)c1)c1ccc(Cl)c(Cl)c1. The second-order valence-corrected chi connectivity index (χ2v) is 7.63. The van der Waals surface area contributed by atoms with E-state index in [1.54, 1.807) is 0 Å². The van der Waals surface area contributed by atoms with Gasteiger partial charge in [-0.3, -0.25) is 10.1 Å². The van der Waals surface area contributed by atoms with Crippen molar-refractivity contribution in [1.29, 1.82) is 0 Å². The fourth-order valence-electron chi connectivity index (χ4n) is 3.11. The lowest BCUT2D eigenvalue weighted by atomic mass is 9.93. The number of carbonyl (C=O) groups is 1. The molecule has 0 spiro atoms. The van der Waals surface area contributed by atoms with Crippen molar-refractivity contribution in [2.45, 2.75) is 37.8 Å². The first-order chi connectivity index (χ1) is 13.8. The number of nitrogens with one attached hydrogen (secondary N) is 2. The van der Waals surface area contributed by atoms with Crippen LogP contribution in [0.1, 0.15) is 36.0 Å². The van der Waals surface area contributed by atoms with Crippen molar-refractivity contribution in [1.82, 2.24) is 5.32 Å². The van der Waals surface area contributed by atoms with Gasteiger partial charge in [0.05, 0.1) is 22.2 Å². The number of aliphatic hydroxyl groups is 1. The van der Waals surface area contributed by atoms with Gasteiger partial charge in [0.2, 0.25) is 5.96 Å². The van der Waals surface area contributed by atoms with Crippen LogP contribution in [0.15, 0.2) is 41.4 Å². The first kappa shape index (κ1) is 21.5. The van der Waals surface area contributed by atoms with Crippen LogP contribution in [0.2, 0.25) is 10.0 Å². The molecule has 2 unspecified atom stereocenters. The third kappa shape index (κ3) is 6.13. The third-order valence-corrected chi connectivity index (χ3v) is 5.21. The molecule has 0 aliphatic heterocycles. The summed E-state index contributed by atoms with van der Waals surface area (Å²) in [4.78, 5) is 17.1. The van der Waals surface area contributed by atoms with Crippen LogP contribution in [0.5, 0.6) is 0 Å². The fraction of sp³-hybridized carbons (Fsp3) is 0.300. The van der Waals surface area contributed by atoms with Gasteiger partial charge in [0.15, 0.2) is 0 Å². The van der Waals surface area contributed by atoms with E-state index < -0.39 is 23.6 Å². The van der Waals surface area contributed by atoms with Crippen molar-refractivity contribution in [2.24, 2.45) is 4.99 Å². The topological polar surface area (TPSA) is 73.7 Å². The van der Waals surface area contributed by atoms with Crippen molar-refractivity contribution in [3.8, 4) is 0 Å². The molecule has 1 saturated carbocycles. The van der Waals surface area contributed by atoms with Crippen LogP contribution in [-0.2, 0) is 0 Å². The molecule has 0 heterocycles. The number of halogens is 4. The summed E-state index contributed by atoms with van der Waals surface area (Å²) in [5.74, 6) is -2.04. The highest BCUT2D eigenvalue weighted by atomic mass is 35.5. The van der Waals surface area contributed by atoms with Gasteiger partial charge >= 0.3 is 0 Å². The first-order valence-electron chi connectivity index (χ1n) is 9.05. The first-order valence-corrected chi connectivity index (χ1v) is 9.81. The van der Waals surface area contributed by atoms with Gasteiger partial charge in [-0.25, -0.2) is 13.8 Å². The van der Waals surface area contributed by atoms with Gasteiger partial charge in [0, 0.05) is 17.3 Å². The summed E-state index contributed by atoms with van der Waals surface area (Å²) in [6.07, 6.45) is 2.17. The van der Waals surface area contributed by atoms with Crippen molar-refractivity contribution in [2.75, 3.05) is 5.32 Å². The highest BCUT2D eigenvalue weighted by Gasteiger charge is 2.21. The lowest BCUT2D eigenvalue weighted by Gasteiger charge is -2.24. The monoisotopic (exact) mass is 441 g/mol. The maximum Gasteiger partial charge on any atom is 0.258 e. The van der Waals surface area contributed by atoms with Crippen LogP contribution >= 0.6 is 23.2 Å². The van der Waals surface area contributed by atoms with Gasteiger partial charge in [-0.2, -0.15) is 0 Å². The molecular formula is C20H19Cl2F2N3O2. The molecule has 0 radical (unpaired) electrons. The average molecular weight is 442 g/mol. The molecule has 5 nitrogen and oxygen atoms in total. The molecule has 1 amide bonds. The molecule has 1 aliphatic carbocycles. The van der Waals surface area contributed by atoms with Gasteiger partial charge in [0.25, 0.3) is 5.91 Å². The normalized spacial score (nSPS) is 19.7.